The predicted molar refractivity (Wildman–Crippen MR) is 86.0 cm³/mol. The minimum atomic E-state index is -0.519. The Morgan fingerprint density at radius 1 is 1.14 bits per heavy atom. The third-order valence-corrected chi connectivity index (χ3v) is 3.89. The van der Waals surface area contributed by atoms with E-state index in [1.54, 1.807) is 12.1 Å². The quantitative estimate of drug-likeness (QED) is 0.714. The zero-order chi connectivity index (χ0) is 16.0. The van der Waals surface area contributed by atoms with Gasteiger partial charge in [-0.25, -0.2) is 4.39 Å². The highest BCUT2D eigenvalue weighted by Gasteiger charge is 2.26. The minimum absolute atomic E-state index is 0. The Bertz CT molecular complexity index is 480. The molecule has 1 aromatic rings. The predicted octanol–water partition coefficient (Wildman–Crippen LogP) is 4.04. The largest absolute Gasteiger partial charge is 0.469 e. The van der Waals surface area contributed by atoms with Crippen molar-refractivity contribution in [3.8, 4) is 0 Å². The molecule has 22 heavy (non-hydrogen) atoms. The van der Waals surface area contributed by atoms with Crippen LogP contribution in [0, 0.1) is 23.6 Å². The number of ketones is 1. The molecule has 0 spiro atoms. The Labute approximate surface area is 132 Å². The van der Waals surface area contributed by atoms with Crippen LogP contribution in [0.15, 0.2) is 24.3 Å². The van der Waals surface area contributed by atoms with E-state index in [2.05, 4.69) is 0 Å². The van der Waals surface area contributed by atoms with Crippen molar-refractivity contribution in [2.75, 3.05) is 7.11 Å². The number of Topliss-reactive ketones (excluding diaryl/α,β-unsaturated/α-hetero) is 1. The van der Waals surface area contributed by atoms with Crippen LogP contribution < -0.4 is 0 Å². The molecule has 0 saturated heterocycles. The van der Waals surface area contributed by atoms with Crippen LogP contribution in [-0.2, 0) is 20.7 Å². The number of rotatable bonds is 7. The molecule has 0 aliphatic rings. The summed E-state index contributed by atoms with van der Waals surface area (Å²) in [5.74, 6) is -1.04. The summed E-state index contributed by atoms with van der Waals surface area (Å²) in [6.45, 7) is 5.84. The number of hydrogen-bond acceptors (Lipinski definition) is 3. The van der Waals surface area contributed by atoms with Crippen molar-refractivity contribution in [3.05, 3.63) is 35.6 Å². The zero-order valence-corrected chi connectivity index (χ0v) is 13.1. The van der Waals surface area contributed by atoms with Crippen LogP contribution in [0.1, 0.15) is 40.2 Å². The summed E-state index contributed by atoms with van der Waals surface area (Å²) >= 11 is 0. The number of esters is 1. The van der Waals surface area contributed by atoms with Crippen molar-refractivity contribution in [1.82, 2.24) is 0 Å². The molecule has 0 amide bonds. The number of hydrogen-bond donors (Lipinski definition) is 0. The van der Waals surface area contributed by atoms with Crippen LogP contribution in [0.4, 0.5) is 4.39 Å². The molecule has 2 atom stereocenters. The first-order valence-corrected chi connectivity index (χ1v) is 7.20. The third-order valence-electron chi connectivity index (χ3n) is 3.89. The second-order valence-electron chi connectivity index (χ2n) is 5.75. The van der Waals surface area contributed by atoms with Crippen molar-refractivity contribution in [3.63, 3.8) is 0 Å². The normalized spacial score (nSPS) is 13.2. The van der Waals surface area contributed by atoms with Gasteiger partial charge in [-0.05, 0) is 30.0 Å². The van der Waals surface area contributed by atoms with E-state index in [0.717, 1.165) is 5.56 Å². The molecule has 0 heterocycles. The fraction of sp³-hybridized carbons (Fsp3) is 0.556. The van der Waals surface area contributed by atoms with Crippen molar-refractivity contribution in [2.45, 2.75) is 41.0 Å². The first-order chi connectivity index (χ1) is 9.85. The van der Waals surface area contributed by atoms with Gasteiger partial charge < -0.3 is 4.74 Å². The van der Waals surface area contributed by atoms with Gasteiger partial charge in [0.05, 0.1) is 13.0 Å². The highest BCUT2D eigenvalue weighted by molar-refractivity contribution is 5.86. The molecule has 0 unspecified atom stereocenters. The molecule has 1 aromatic carbocycles. The Kier molecular flexibility index (Phi) is 8.61. The molecule has 0 bridgehead atoms. The summed E-state index contributed by atoms with van der Waals surface area (Å²) in [6.07, 6.45) is 0.535. The number of halogens is 1. The van der Waals surface area contributed by atoms with Crippen molar-refractivity contribution >= 4 is 11.8 Å². The fourth-order valence-electron chi connectivity index (χ4n) is 2.11. The SMILES string of the molecule is C.COC(=O)[C@@H](CC(=O)[C@@H](C)C(C)C)Cc1ccc(F)cc1. The molecule has 0 aliphatic heterocycles. The van der Waals surface area contributed by atoms with Crippen molar-refractivity contribution < 1.29 is 18.7 Å². The van der Waals surface area contributed by atoms with E-state index in [9.17, 15) is 14.0 Å². The number of methoxy groups -OCH3 is 1. The van der Waals surface area contributed by atoms with Crippen LogP contribution in [-0.4, -0.2) is 18.9 Å². The number of carbonyl (C=O) groups excluding carboxylic acids is 2. The summed E-state index contributed by atoms with van der Waals surface area (Å²) in [5.41, 5.74) is 0.816. The second-order valence-corrected chi connectivity index (χ2v) is 5.75. The van der Waals surface area contributed by atoms with Gasteiger partial charge in [-0.3, -0.25) is 9.59 Å². The average Bonchev–Trinajstić information content (AvgIpc) is 2.46. The van der Waals surface area contributed by atoms with Gasteiger partial charge in [0.25, 0.3) is 0 Å². The van der Waals surface area contributed by atoms with Crippen LogP contribution in [0.5, 0.6) is 0 Å². The molecular formula is C18H27FO3. The van der Waals surface area contributed by atoms with E-state index in [1.807, 2.05) is 20.8 Å². The fourth-order valence-corrected chi connectivity index (χ4v) is 2.11. The summed E-state index contributed by atoms with van der Waals surface area (Å²) in [4.78, 5) is 24.1. The minimum Gasteiger partial charge on any atom is -0.469 e. The maximum Gasteiger partial charge on any atom is 0.309 e. The van der Waals surface area contributed by atoms with Gasteiger partial charge in [0, 0.05) is 12.3 Å². The molecule has 124 valence electrons. The first kappa shape index (κ1) is 20.3. The van der Waals surface area contributed by atoms with Gasteiger partial charge in [-0.1, -0.05) is 40.3 Å². The van der Waals surface area contributed by atoms with Crippen LogP contribution in [0.3, 0.4) is 0 Å². The molecule has 4 heteroatoms. The lowest BCUT2D eigenvalue weighted by atomic mass is 9.86. The molecule has 0 saturated carbocycles. The van der Waals surface area contributed by atoms with E-state index >= 15 is 0 Å². The lowest BCUT2D eigenvalue weighted by Gasteiger charge is -2.19. The van der Waals surface area contributed by atoms with Gasteiger partial charge >= 0.3 is 5.97 Å². The molecule has 0 fully saturated rings. The summed E-state index contributed by atoms with van der Waals surface area (Å²) < 4.78 is 17.7. The Morgan fingerprint density at radius 3 is 2.14 bits per heavy atom. The standard InChI is InChI=1S/C17H23FO3.CH4/c1-11(2)12(3)16(19)10-14(17(20)21-4)9-13-5-7-15(18)8-6-13;/h5-8,11-12,14H,9-10H2,1-4H3;1H4/t12-,14+;/m0./s1. The van der Waals surface area contributed by atoms with Gasteiger partial charge in [0.1, 0.15) is 11.6 Å². The van der Waals surface area contributed by atoms with Gasteiger partial charge in [-0.15, -0.1) is 0 Å². The van der Waals surface area contributed by atoms with Crippen molar-refractivity contribution in [2.24, 2.45) is 17.8 Å². The van der Waals surface area contributed by atoms with Gasteiger partial charge in [0.15, 0.2) is 0 Å². The summed E-state index contributed by atoms with van der Waals surface area (Å²) in [6, 6.07) is 5.95. The number of benzene rings is 1. The Balaban J connectivity index is 0.00000441. The molecule has 0 aliphatic carbocycles. The highest BCUT2D eigenvalue weighted by atomic mass is 19.1. The Hall–Kier alpha value is -1.71. The molecule has 0 radical (unpaired) electrons. The van der Waals surface area contributed by atoms with Gasteiger partial charge in [0.2, 0.25) is 0 Å². The smallest absolute Gasteiger partial charge is 0.309 e. The zero-order valence-electron chi connectivity index (χ0n) is 13.1. The molecule has 0 N–H and O–H groups in total. The molecular weight excluding hydrogens is 283 g/mol. The Morgan fingerprint density at radius 2 is 1.68 bits per heavy atom. The topological polar surface area (TPSA) is 43.4 Å². The average molecular weight is 310 g/mol. The van der Waals surface area contributed by atoms with Crippen LogP contribution in [0.25, 0.3) is 0 Å². The van der Waals surface area contributed by atoms with Crippen molar-refractivity contribution in [1.29, 1.82) is 0 Å². The molecule has 1 rings (SSSR count). The highest BCUT2D eigenvalue weighted by Crippen LogP contribution is 2.20. The first-order valence-electron chi connectivity index (χ1n) is 7.20. The number of ether oxygens (including phenoxy) is 1. The lowest BCUT2D eigenvalue weighted by molar-refractivity contribution is -0.147. The van der Waals surface area contributed by atoms with Crippen LogP contribution in [0.2, 0.25) is 0 Å². The summed E-state index contributed by atoms with van der Waals surface area (Å²) in [7, 11) is 1.32. The van der Waals surface area contributed by atoms with E-state index in [-0.39, 0.29) is 37.3 Å². The maximum absolute atomic E-state index is 12.9. The van der Waals surface area contributed by atoms with E-state index < -0.39 is 11.9 Å². The maximum atomic E-state index is 12.9. The molecule has 0 aromatic heterocycles. The number of carbonyl (C=O) groups is 2. The van der Waals surface area contributed by atoms with E-state index in [0.29, 0.717) is 6.42 Å². The monoisotopic (exact) mass is 310 g/mol. The molecule has 3 nitrogen and oxygen atoms in total. The second kappa shape index (κ2) is 9.34. The lowest BCUT2D eigenvalue weighted by Crippen LogP contribution is -2.26. The van der Waals surface area contributed by atoms with Crippen LogP contribution >= 0.6 is 0 Å². The van der Waals surface area contributed by atoms with E-state index in [1.165, 1.54) is 19.2 Å². The van der Waals surface area contributed by atoms with E-state index in [4.69, 9.17) is 4.74 Å². The summed E-state index contributed by atoms with van der Waals surface area (Å²) in [5, 5.41) is 0. The van der Waals surface area contributed by atoms with Gasteiger partial charge in [-0.2, -0.15) is 0 Å². The third kappa shape index (κ3) is 5.96.